The molecular weight excluding hydrogens is 304 g/mol. The normalized spacial score (nSPS) is 21.4. The quantitative estimate of drug-likeness (QED) is 0.860. The highest BCUT2D eigenvalue weighted by Crippen LogP contribution is 2.19. The molecule has 2 heterocycles. The summed E-state index contributed by atoms with van der Waals surface area (Å²) in [5, 5.41) is 20.1. The zero-order valence-electron chi connectivity index (χ0n) is 13.5. The molecule has 3 rings (SSSR count). The van der Waals surface area contributed by atoms with Crippen LogP contribution < -0.4 is 5.32 Å². The summed E-state index contributed by atoms with van der Waals surface area (Å²) >= 11 is 0. The van der Waals surface area contributed by atoms with E-state index in [9.17, 15) is 9.90 Å². The monoisotopic (exact) mass is 326 g/mol. The van der Waals surface area contributed by atoms with Gasteiger partial charge in [-0.3, -0.25) is 9.69 Å². The van der Waals surface area contributed by atoms with Crippen molar-refractivity contribution in [1.29, 1.82) is 0 Å². The average Bonchev–Trinajstić information content (AvgIpc) is 2.63. The molecule has 0 radical (unpaired) electrons. The summed E-state index contributed by atoms with van der Waals surface area (Å²) in [4.78, 5) is 14.7. The molecule has 1 aromatic carbocycles. The van der Waals surface area contributed by atoms with E-state index in [1.807, 2.05) is 18.2 Å². The van der Waals surface area contributed by atoms with Crippen LogP contribution in [0.3, 0.4) is 0 Å². The van der Waals surface area contributed by atoms with Crippen LogP contribution in [0, 0.1) is 5.92 Å². The summed E-state index contributed by atoms with van der Waals surface area (Å²) in [6.07, 6.45) is 3.82. The van der Waals surface area contributed by atoms with Crippen molar-refractivity contribution >= 4 is 5.91 Å². The molecule has 1 amide bonds. The maximum atomic E-state index is 12.4. The van der Waals surface area contributed by atoms with E-state index in [4.69, 9.17) is 0 Å². The van der Waals surface area contributed by atoms with Crippen LogP contribution in [0.5, 0.6) is 0 Å². The van der Waals surface area contributed by atoms with E-state index in [0.717, 1.165) is 26.1 Å². The van der Waals surface area contributed by atoms with E-state index >= 15 is 0 Å². The molecule has 0 spiro atoms. The molecular formula is C18H22N4O2. The molecule has 2 atom stereocenters. The van der Waals surface area contributed by atoms with Crippen LogP contribution in [-0.4, -0.2) is 51.8 Å². The first-order valence-corrected chi connectivity index (χ1v) is 8.21. The Morgan fingerprint density at radius 1 is 1.25 bits per heavy atom. The molecule has 2 N–H and O–H groups in total. The van der Waals surface area contributed by atoms with Gasteiger partial charge in [0.2, 0.25) is 0 Å². The molecule has 6 nitrogen and oxygen atoms in total. The van der Waals surface area contributed by atoms with Gasteiger partial charge in [-0.25, -0.2) is 0 Å². The number of aliphatic hydroxyl groups excluding tert-OH is 1. The number of carbonyl (C=O) groups excluding carboxylic acids is 1. The fraction of sp³-hybridized carbons (Fsp3) is 0.389. The second kappa shape index (κ2) is 7.99. The molecule has 1 aromatic heterocycles. The highest BCUT2D eigenvalue weighted by molar-refractivity contribution is 5.93. The fourth-order valence-electron chi connectivity index (χ4n) is 3.11. The van der Waals surface area contributed by atoms with Crippen LogP contribution in [0.1, 0.15) is 22.3 Å². The first-order valence-electron chi connectivity index (χ1n) is 8.21. The SMILES string of the molecule is O=C(N[C@H]1CN(Cc2ccccc2)CC[C@H]1CO)c1ccnnc1. The van der Waals surface area contributed by atoms with E-state index in [1.54, 1.807) is 6.07 Å². The minimum Gasteiger partial charge on any atom is -0.396 e. The summed E-state index contributed by atoms with van der Waals surface area (Å²) in [5.74, 6) is -0.0920. The Bertz CT molecular complexity index is 651. The molecule has 6 heteroatoms. The van der Waals surface area contributed by atoms with Crippen molar-refractivity contribution in [2.75, 3.05) is 19.7 Å². The molecule has 0 unspecified atom stereocenters. The van der Waals surface area contributed by atoms with Crippen LogP contribution in [-0.2, 0) is 6.54 Å². The highest BCUT2D eigenvalue weighted by atomic mass is 16.3. The number of aliphatic hydroxyl groups is 1. The van der Waals surface area contributed by atoms with Gasteiger partial charge < -0.3 is 10.4 Å². The van der Waals surface area contributed by atoms with E-state index in [0.29, 0.717) is 5.56 Å². The third-order valence-corrected chi connectivity index (χ3v) is 4.49. The number of benzene rings is 1. The Labute approximate surface area is 141 Å². The second-order valence-electron chi connectivity index (χ2n) is 6.16. The van der Waals surface area contributed by atoms with Crippen molar-refractivity contribution in [3.63, 3.8) is 0 Å². The zero-order chi connectivity index (χ0) is 16.8. The lowest BCUT2D eigenvalue weighted by Crippen LogP contribution is -2.53. The lowest BCUT2D eigenvalue weighted by atomic mass is 9.91. The molecule has 126 valence electrons. The predicted octanol–water partition coefficient (Wildman–Crippen LogP) is 1.09. The first kappa shape index (κ1) is 16.5. The van der Waals surface area contributed by atoms with E-state index in [-0.39, 0.29) is 24.5 Å². The van der Waals surface area contributed by atoms with Gasteiger partial charge in [-0.2, -0.15) is 10.2 Å². The number of likely N-dealkylation sites (tertiary alicyclic amines) is 1. The molecule has 1 aliphatic rings. The molecule has 0 bridgehead atoms. The van der Waals surface area contributed by atoms with E-state index in [1.165, 1.54) is 18.0 Å². The average molecular weight is 326 g/mol. The van der Waals surface area contributed by atoms with Crippen LogP contribution in [0.15, 0.2) is 48.8 Å². The fourth-order valence-corrected chi connectivity index (χ4v) is 3.11. The molecule has 1 fully saturated rings. The number of rotatable bonds is 5. The Kier molecular flexibility index (Phi) is 5.51. The highest BCUT2D eigenvalue weighted by Gasteiger charge is 2.30. The largest absolute Gasteiger partial charge is 0.396 e. The van der Waals surface area contributed by atoms with E-state index < -0.39 is 0 Å². The number of carbonyl (C=O) groups is 1. The van der Waals surface area contributed by atoms with Crippen molar-refractivity contribution < 1.29 is 9.90 Å². The molecule has 1 saturated heterocycles. The molecule has 1 aliphatic heterocycles. The Morgan fingerprint density at radius 3 is 2.79 bits per heavy atom. The van der Waals surface area contributed by atoms with Crippen molar-refractivity contribution in [1.82, 2.24) is 20.4 Å². The van der Waals surface area contributed by atoms with Crippen molar-refractivity contribution in [3.05, 3.63) is 59.9 Å². The summed E-state index contributed by atoms with van der Waals surface area (Å²) in [5.41, 5.74) is 1.74. The van der Waals surface area contributed by atoms with Gasteiger partial charge in [0.15, 0.2) is 0 Å². The number of hydrogen-bond acceptors (Lipinski definition) is 5. The van der Waals surface area contributed by atoms with Gasteiger partial charge in [0.1, 0.15) is 0 Å². The smallest absolute Gasteiger partial charge is 0.253 e. The summed E-state index contributed by atoms with van der Waals surface area (Å²) in [6, 6.07) is 11.8. The van der Waals surface area contributed by atoms with Crippen LogP contribution in [0.25, 0.3) is 0 Å². The Balaban J connectivity index is 1.64. The molecule has 2 aromatic rings. The van der Waals surface area contributed by atoms with Gasteiger partial charge in [-0.1, -0.05) is 30.3 Å². The lowest BCUT2D eigenvalue weighted by molar-refractivity contribution is 0.0730. The number of nitrogens with one attached hydrogen (secondary N) is 1. The van der Waals surface area contributed by atoms with Crippen molar-refractivity contribution in [3.8, 4) is 0 Å². The maximum absolute atomic E-state index is 12.4. The number of piperidine rings is 1. The molecule has 0 saturated carbocycles. The topological polar surface area (TPSA) is 78.4 Å². The molecule has 24 heavy (non-hydrogen) atoms. The number of hydrogen-bond donors (Lipinski definition) is 2. The Hall–Kier alpha value is -2.31. The zero-order valence-corrected chi connectivity index (χ0v) is 13.5. The van der Waals surface area contributed by atoms with Gasteiger partial charge in [-0.05, 0) is 24.6 Å². The van der Waals surface area contributed by atoms with Crippen molar-refractivity contribution in [2.45, 2.75) is 19.0 Å². The van der Waals surface area contributed by atoms with Gasteiger partial charge >= 0.3 is 0 Å². The van der Waals surface area contributed by atoms with Gasteiger partial charge in [0.05, 0.1) is 18.0 Å². The summed E-state index contributed by atoms with van der Waals surface area (Å²) < 4.78 is 0. The standard InChI is InChI=1S/C18H22N4O2/c23-13-16-7-9-22(11-14-4-2-1-3-5-14)12-17(16)21-18(24)15-6-8-19-20-10-15/h1-6,8,10,16-17,23H,7,9,11-13H2,(H,21,24)/t16-,17-/m0/s1. The van der Waals surface area contributed by atoms with Crippen LogP contribution >= 0.6 is 0 Å². The van der Waals surface area contributed by atoms with E-state index in [2.05, 4.69) is 32.5 Å². The van der Waals surface area contributed by atoms with Crippen molar-refractivity contribution in [2.24, 2.45) is 5.92 Å². The van der Waals surface area contributed by atoms with Gasteiger partial charge in [0.25, 0.3) is 5.91 Å². The maximum Gasteiger partial charge on any atom is 0.253 e. The summed E-state index contributed by atoms with van der Waals surface area (Å²) in [6.45, 7) is 2.58. The van der Waals surface area contributed by atoms with Crippen LogP contribution in [0.2, 0.25) is 0 Å². The minimum absolute atomic E-state index is 0.0758. The second-order valence-corrected chi connectivity index (χ2v) is 6.16. The summed E-state index contributed by atoms with van der Waals surface area (Å²) in [7, 11) is 0. The third kappa shape index (κ3) is 4.15. The Morgan fingerprint density at radius 2 is 2.08 bits per heavy atom. The van der Waals surface area contributed by atoms with Gasteiger partial charge in [0, 0.05) is 31.7 Å². The molecule has 0 aliphatic carbocycles. The predicted molar refractivity (Wildman–Crippen MR) is 90.2 cm³/mol. The van der Waals surface area contributed by atoms with Gasteiger partial charge in [-0.15, -0.1) is 0 Å². The number of nitrogens with zero attached hydrogens (tertiary/aromatic N) is 3. The lowest BCUT2D eigenvalue weighted by Gasteiger charge is -2.38. The number of amides is 1. The first-order chi connectivity index (χ1) is 11.8. The number of aromatic nitrogens is 2. The third-order valence-electron chi connectivity index (χ3n) is 4.49. The minimum atomic E-state index is -0.171. The van der Waals surface area contributed by atoms with Crippen LogP contribution in [0.4, 0.5) is 0 Å².